The van der Waals surface area contributed by atoms with Gasteiger partial charge < -0.3 is 15.4 Å². The van der Waals surface area contributed by atoms with Crippen molar-refractivity contribution in [2.45, 2.75) is 19.5 Å². The third-order valence-electron chi connectivity index (χ3n) is 4.79. The number of aryl methyl sites for hydroxylation is 1. The van der Waals surface area contributed by atoms with Gasteiger partial charge in [-0.3, -0.25) is 9.89 Å². The Hall–Kier alpha value is -1.60. The largest absolute Gasteiger partial charge is 0.379 e. The summed E-state index contributed by atoms with van der Waals surface area (Å²) in [5.74, 6) is 0.808. The number of benzene rings is 1. The minimum absolute atomic E-state index is 0.217. The van der Waals surface area contributed by atoms with Crippen LogP contribution in [0.15, 0.2) is 40.7 Å². The molecule has 0 spiro atoms. The zero-order valence-corrected chi connectivity index (χ0v) is 17.4. The molecule has 0 aliphatic carbocycles. The van der Waals surface area contributed by atoms with E-state index >= 15 is 0 Å². The number of guanidine groups is 1. The van der Waals surface area contributed by atoms with Crippen LogP contribution in [0.25, 0.3) is 0 Å². The molecule has 1 aliphatic rings. The highest BCUT2D eigenvalue weighted by Gasteiger charge is 2.23. The van der Waals surface area contributed by atoms with Crippen molar-refractivity contribution < 1.29 is 4.74 Å². The van der Waals surface area contributed by atoms with Gasteiger partial charge in [-0.25, -0.2) is 0 Å². The lowest BCUT2D eigenvalue weighted by molar-refractivity contribution is 0.0170. The molecule has 1 unspecified atom stereocenters. The van der Waals surface area contributed by atoms with Crippen molar-refractivity contribution in [1.82, 2.24) is 15.5 Å². The van der Waals surface area contributed by atoms with Crippen molar-refractivity contribution in [3.63, 3.8) is 0 Å². The Morgan fingerprint density at radius 1 is 1.30 bits per heavy atom. The molecule has 0 saturated carbocycles. The fourth-order valence-electron chi connectivity index (χ4n) is 3.22. The minimum atomic E-state index is 0.217. The van der Waals surface area contributed by atoms with E-state index in [4.69, 9.17) is 16.3 Å². The zero-order chi connectivity index (χ0) is 19.1. The van der Waals surface area contributed by atoms with Crippen molar-refractivity contribution >= 4 is 28.9 Å². The molecule has 2 aromatic rings. The Morgan fingerprint density at radius 3 is 2.78 bits per heavy atom. The average molecular weight is 407 g/mol. The summed E-state index contributed by atoms with van der Waals surface area (Å²) in [5, 5.41) is 9.78. The highest BCUT2D eigenvalue weighted by Crippen LogP contribution is 2.24. The van der Waals surface area contributed by atoms with Crippen LogP contribution in [0, 0.1) is 6.92 Å². The fraction of sp³-hybridized carbons (Fsp3) is 0.450. The zero-order valence-electron chi connectivity index (χ0n) is 15.9. The van der Waals surface area contributed by atoms with Gasteiger partial charge in [0.15, 0.2) is 5.96 Å². The molecular weight excluding hydrogens is 380 g/mol. The lowest BCUT2D eigenvalue weighted by atomic mass is 10.0. The van der Waals surface area contributed by atoms with Gasteiger partial charge in [0.05, 0.1) is 25.8 Å². The molecule has 0 amide bonds. The van der Waals surface area contributed by atoms with E-state index in [0.717, 1.165) is 50.4 Å². The first kappa shape index (κ1) is 20.1. The maximum atomic E-state index is 6.24. The molecule has 0 bridgehead atoms. The van der Waals surface area contributed by atoms with Crippen molar-refractivity contribution in [1.29, 1.82) is 0 Å². The Labute approximate surface area is 170 Å². The first-order valence-corrected chi connectivity index (χ1v) is 10.5. The number of ether oxygens (including phenoxy) is 1. The molecule has 1 aromatic carbocycles. The maximum absolute atomic E-state index is 6.24. The monoisotopic (exact) mass is 406 g/mol. The summed E-state index contributed by atoms with van der Waals surface area (Å²) in [7, 11) is 1.81. The molecule has 0 radical (unpaired) electrons. The van der Waals surface area contributed by atoms with E-state index in [2.05, 4.69) is 51.0 Å². The summed E-state index contributed by atoms with van der Waals surface area (Å²) in [6.07, 6.45) is 0. The summed E-state index contributed by atoms with van der Waals surface area (Å²) >= 11 is 8.01. The second-order valence-electron chi connectivity index (χ2n) is 6.55. The van der Waals surface area contributed by atoms with Gasteiger partial charge in [-0.1, -0.05) is 23.7 Å². The smallest absolute Gasteiger partial charge is 0.191 e. The van der Waals surface area contributed by atoms with Crippen LogP contribution in [0.4, 0.5) is 0 Å². The summed E-state index contributed by atoms with van der Waals surface area (Å²) in [6.45, 7) is 7.03. The van der Waals surface area contributed by atoms with E-state index in [1.54, 1.807) is 18.4 Å². The van der Waals surface area contributed by atoms with Crippen molar-refractivity contribution in [3.05, 3.63) is 56.7 Å². The number of rotatable bonds is 6. The lowest BCUT2D eigenvalue weighted by Crippen LogP contribution is -2.46. The quantitative estimate of drug-likeness (QED) is 0.569. The van der Waals surface area contributed by atoms with Gasteiger partial charge in [0, 0.05) is 36.6 Å². The van der Waals surface area contributed by atoms with Gasteiger partial charge in [0.1, 0.15) is 0 Å². The molecular formula is C20H27ClN4OS. The van der Waals surface area contributed by atoms with E-state index < -0.39 is 0 Å². The fourth-order valence-corrected chi connectivity index (χ4v) is 4.27. The number of nitrogens with one attached hydrogen (secondary N) is 2. The van der Waals surface area contributed by atoms with Crippen LogP contribution < -0.4 is 10.6 Å². The Balaban J connectivity index is 1.64. The van der Waals surface area contributed by atoms with Crippen molar-refractivity contribution in [3.8, 4) is 0 Å². The standard InChI is InChI=1S/C20H27ClN4OS/c1-15-6-11-27-19(15)14-24-20(22-2)23-13-18(25-7-9-26-10-8-25)16-4-3-5-17(21)12-16/h3-6,11-12,18H,7-10,13-14H2,1-2H3,(H2,22,23,24). The predicted molar refractivity (Wildman–Crippen MR) is 114 cm³/mol. The van der Waals surface area contributed by atoms with Crippen molar-refractivity contribution in [2.75, 3.05) is 39.9 Å². The summed E-state index contributed by atoms with van der Waals surface area (Å²) < 4.78 is 5.52. The predicted octanol–water partition coefficient (Wildman–Crippen LogP) is 3.45. The first-order valence-electron chi connectivity index (χ1n) is 9.22. The molecule has 1 saturated heterocycles. The molecule has 146 valence electrons. The van der Waals surface area contributed by atoms with Gasteiger partial charge in [-0.05, 0) is 41.6 Å². The number of nitrogens with zero attached hydrogens (tertiary/aromatic N) is 2. The number of morpholine rings is 1. The lowest BCUT2D eigenvalue weighted by Gasteiger charge is -2.35. The highest BCUT2D eigenvalue weighted by atomic mass is 35.5. The van der Waals surface area contributed by atoms with E-state index in [-0.39, 0.29) is 6.04 Å². The number of thiophene rings is 1. The van der Waals surface area contributed by atoms with Gasteiger partial charge >= 0.3 is 0 Å². The molecule has 1 atom stereocenters. The molecule has 5 nitrogen and oxygen atoms in total. The number of hydrogen-bond acceptors (Lipinski definition) is 4. The third kappa shape index (κ3) is 5.69. The maximum Gasteiger partial charge on any atom is 0.191 e. The van der Waals surface area contributed by atoms with E-state index in [1.807, 2.05) is 12.1 Å². The van der Waals surface area contributed by atoms with E-state index in [0.29, 0.717) is 0 Å². The molecule has 1 aromatic heterocycles. The topological polar surface area (TPSA) is 48.9 Å². The average Bonchev–Trinajstić information content (AvgIpc) is 3.10. The third-order valence-corrected chi connectivity index (χ3v) is 6.05. The molecule has 2 heterocycles. The Kier molecular flexibility index (Phi) is 7.52. The number of hydrogen-bond donors (Lipinski definition) is 2. The molecule has 7 heteroatoms. The SMILES string of the molecule is CN=C(NCc1sccc1C)NCC(c1cccc(Cl)c1)N1CCOCC1. The normalized spacial score (nSPS) is 16.9. The van der Waals surface area contributed by atoms with E-state index in [9.17, 15) is 0 Å². The molecule has 27 heavy (non-hydrogen) atoms. The van der Waals surface area contributed by atoms with Gasteiger partial charge in [-0.15, -0.1) is 11.3 Å². The number of halogens is 1. The summed E-state index contributed by atoms with van der Waals surface area (Å²) in [5.41, 5.74) is 2.52. The van der Waals surface area contributed by atoms with Crippen LogP contribution in [-0.4, -0.2) is 50.8 Å². The van der Waals surface area contributed by atoms with Gasteiger partial charge in [-0.2, -0.15) is 0 Å². The molecule has 2 N–H and O–H groups in total. The molecule has 3 rings (SSSR count). The highest BCUT2D eigenvalue weighted by molar-refractivity contribution is 7.10. The van der Waals surface area contributed by atoms with Crippen LogP contribution >= 0.6 is 22.9 Å². The molecule has 1 aliphatic heterocycles. The van der Waals surface area contributed by atoms with Gasteiger partial charge in [0.25, 0.3) is 0 Å². The van der Waals surface area contributed by atoms with E-state index in [1.165, 1.54) is 16.0 Å². The van der Waals surface area contributed by atoms with Crippen LogP contribution in [0.2, 0.25) is 5.02 Å². The van der Waals surface area contributed by atoms with Crippen LogP contribution in [0.3, 0.4) is 0 Å². The molecule has 1 fully saturated rings. The number of aliphatic imine (C=N–C) groups is 1. The first-order chi connectivity index (χ1) is 13.2. The van der Waals surface area contributed by atoms with Crippen LogP contribution in [0.1, 0.15) is 22.0 Å². The Bertz CT molecular complexity index is 758. The van der Waals surface area contributed by atoms with Crippen molar-refractivity contribution in [2.24, 2.45) is 4.99 Å². The van der Waals surface area contributed by atoms with Crippen LogP contribution in [-0.2, 0) is 11.3 Å². The van der Waals surface area contributed by atoms with Gasteiger partial charge in [0.2, 0.25) is 0 Å². The second kappa shape index (κ2) is 10.1. The summed E-state index contributed by atoms with van der Waals surface area (Å²) in [6, 6.07) is 10.5. The summed E-state index contributed by atoms with van der Waals surface area (Å²) in [4.78, 5) is 8.15. The minimum Gasteiger partial charge on any atom is -0.379 e. The van der Waals surface area contributed by atoms with Crippen LogP contribution in [0.5, 0.6) is 0 Å². The Morgan fingerprint density at radius 2 is 2.11 bits per heavy atom. The second-order valence-corrected chi connectivity index (χ2v) is 7.99.